The summed E-state index contributed by atoms with van der Waals surface area (Å²) < 4.78 is 23.0. The van der Waals surface area contributed by atoms with Crippen molar-refractivity contribution in [3.05, 3.63) is 64.4 Å². The van der Waals surface area contributed by atoms with Gasteiger partial charge in [0.05, 0.1) is 17.2 Å². The Morgan fingerprint density at radius 1 is 1.21 bits per heavy atom. The highest BCUT2D eigenvalue weighted by molar-refractivity contribution is 6.31. The highest BCUT2D eigenvalue weighted by Crippen LogP contribution is 2.19. The van der Waals surface area contributed by atoms with Crippen molar-refractivity contribution in [2.75, 3.05) is 19.0 Å². The minimum atomic E-state index is -0.625. The van der Waals surface area contributed by atoms with Crippen LogP contribution < -0.4 is 5.32 Å². The Kier molecular flexibility index (Phi) is 6.28. The summed E-state index contributed by atoms with van der Waals surface area (Å²) >= 11 is 5.62. The molecule has 0 aliphatic rings. The molecule has 0 saturated carbocycles. The monoisotopic (exact) mass is 351 g/mol. The Bertz CT molecular complexity index is 751. The van der Waals surface area contributed by atoms with Gasteiger partial charge in [0.2, 0.25) is 0 Å². The van der Waals surface area contributed by atoms with Gasteiger partial charge in [0.25, 0.3) is 5.91 Å². The maximum absolute atomic E-state index is 13.0. The van der Waals surface area contributed by atoms with E-state index in [-0.39, 0.29) is 5.02 Å². The summed E-state index contributed by atoms with van der Waals surface area (Å²) in [6.07, 6.45) is 0. The molecule has 0 spiro atoms. The molecular weight excluding hydrogens is 337 g/mol. The summed E-state index contributed by atoms with van der Waals surface area (Å²) in [5, 5.41) is 2.35. The Morgan fingerprint density at radius 3 is 2.71 bits per heavy atom. The van der Waals surface area contributed by atoms with Crippen LogP contribution in [0.2, 0.25) is 5.02 Å². The number of halogens is 2. The smallest absolute Gasteiger partial charge is 0.338 e. The van der Waals surface area contributed by atoms with Crippen molar-refractivity contribution in [2.45, 2.75) is 6.61 Å². The zero-order valence-corrected chi connectivity index (χ0v) is 13.6. The SMILES string of the molecule is COCc1cccc(C(=O)OCC(=O)Nc2ccc(F)c(Cl)c2)c1. The lowest BCUT2D eigenvalue weighted by Crippen LogP contribution is -2.21. The number of benzene rings is 2. The lowest BCUT2D eigenvalue weighted by atomic mass is 10.1. The number of rotatable bonds is 6. The van der Waals surface area contributed by atoms with Crippen molar-refractivity contribution in [3.8, 4) is 0 Å². The third-order valence-corrected chi connectivity index (χ3v) is 3.30. The largest absolute Gasteiger partial charge is 0.452 e. The standard InChI is InChI=1S/C17H15ClFNO4/c1-23-9-11-3-2-4-12(7-11)17(22)24-10-16(21)20-13-5-6-15(19)14(18)8-13/h2-8H,9-10H2,1H3,(H,20,21). The van der Waals surface area contributed by atoms with E-state index in [1.54, 1.807) is 25.3 Å². The number of nitrogens with one attached hydrogen (secondary N) is 1. The van der Waals surface area contributed by atoms with Crippen molar-refractivity contribution >= 4 is 29.2 Å². The molecule has 0 unspecified atom stereocenters. The number of methoxy groups -OCH3 is 1. The molecule has 0 radical (unpaired) electrons. The van der Waals surface area contributed by atoms with Crippen LogP contribution in [0.4, 0.5) is 10.1 Å². The van der Waals surface area contributed by atoms with E-state index in [0.29, 0.717) is 17.9 Å². The Morgan fingerprint density at radius 2 is 2.00 bits per heavy atom. The minimum Gasteiger partial charge on any atom is -0.452 e. The van der Waals surface area contributed by atoms with E-state index >= 15 is 0 Å². The van der Waals surface area contributed by atoms with Crippen LogP contribution in [0.1, 0.15) is 15.9 Å². The molecule has 1 N–H and O–H groups in total. The van der Waals surface area contributed by atoms with Crippen LogP contribution in [0.25, 0.3) is 0 Å². The number of carbonyl (C=O) groups excluding carboxylic acids is 2. The van der Waals surface area contributed by atoms with Gasteiger partial charge in [-0.25, -0.2) is 9.18 Å². The Labute approximate surface area is 143 Å². The maximum atomic E-state index is 13.0. The fraction of sp³-hybridized carbons (Fsp3) is 0.176. The molecule has 0 saturated heterocycles. The second-order valence-electron chi connectivity index (χ2n) is 4.89. The van der Waals surface area contributed by atoms with Gasteiger partial charge < -0.3 is 14.8 Å². The number of hydrogen-bond acceptors (Lipinski definition) is 4. The van der Waals surface area contributed by atoms with Crippen molar-refractivity contribution in [2.24, 2.45) is 0 Å². The van der Waals surface area contributed by atoms with E-state index in [1.807, 2.05) is 6.07 Å². The first-order chi connectivity index (χ1) is 11.5. The summed E-state index contributed by atoms with van der Waals surface area (Å²) in [6.45, 7) is -0.102. The number of anilines is 1. The van der Waals surface area contributed by atoms with Crippen molar-refractivity contribution in [1.29, 1.82) is 0 Å². The molecule has 5 nitrogen and oxygen atoms in total. The fourth-order valence-corrected chi connectivity index (χ4v) is 2.12. The molecule has 24 heavy (non-hydrogen) atoms. The van der Waals surface area contributed by atoms with Gasteiger partial charge in [-0.05, 0) is 35.9 Å². The van der Waals surface area contributed by atoms with Crippen molar-refractivity contribution in [3.63, 3.8) is 0 Å². The van der Waals surface area contributed by atoms with E-state index < -0.39 is 24.3 Å². The molecule has 0 atom stereocenters. The first-order valence-electron chi connectivity index (χ1n) is 6.99. The molecule has 0 fully saturated rings. The zero-order chi connectivity index (χ0) is 17.5. The van der Waals surface area contributed by atoms with Gasteiger partial charge >= 0.3 is 5.97 Å². The molecule has 2 rings (SSSR count). The van der Waals surface area contributed by atoms with Crippen LogP contribution in [0.5, 0.6) is 0 Å². The average molecular weight is 352 g/mol. The molecule has 0 aliphatic heterocycles. The summed E-state index contributed by atoms with van der Waals surface area (Å²) in [6, 6.07) is 10.5. The number of ether oxygens (including phenoxy) is 2. The third-order valence-electron chi connectivity index (χ3n) is 3.01. The molecule has 0 heterocycles. The molecule has 0 aliphatic carbocycles. The molecule has 2 aromatic carbocycles. The van der Waals surface area contributed by atoms with Gasteiger partial charge in [0.15, 0.2) is 6.61 Å². The van der Waals surface area contributed by atoms with Gasteiger partial charge in [-0.2, -0.15) is 0 Å². The van der Waals surface area contributed by atoms with Crippen LogP contribution in [-0.2, 0) is 20.9 Å². The lowest BCUT2D eigenvalue weighted by Gasteiger charge is -2.08. The topological polar surface area (TPSA) is 64.6 Å². The van der Waals surface area contributed by atoms with Crippen LogP contribution >= 0.6 is 11.6 Å². The van der Waals surface area contributed by atoms with E-state index in [1.165, 1.54) is 12.1 Å². The van der Waals surface area contributed by atoms with Gasteiger partial charge in [-0.15, -0.1) is 0 Å². The normalized spacial score (nSPS) is 10.3. The van der Waals surface area contributed by atoms with Gasteiger partial charge in [0.1, 0.15) is 5.82 Å². The van der Waals surface area contributed by atoms with Gasteiger partial charge in [-0.3, -0.25) is 4.79 Å². The zero-order valence-electron chi connectivity index (χ0n) is 12.8. The van der Waals surface area contributed by atoms with Crippen LogP contribution in [0.15, 0.2) is 42.5 Å². The van der Waals surface area contributed by atoms with E-state index in [2.05, 4.69) is 5.32 Å². The van der Waals surface area contributed by atoms with Gasteiger partial charge in [-0.1, -0.05) is 23.7 Å². The lowest BCUT2D eigenvalue weighted by molar-refractivity contribution is -0.119. The van der Waals surface area contributed by atoms with E-state index in [9.17, 15) is 14.0 Å². The minimum absolute atomic E-state index is 0.111. The summed E-state index contributed by atoms with van der Waals surface area (Å²) in [5.41, 5.74) is 1.45. The van der Waals surface area contributed by atoms with Crippen LogP contribution in [0.3, 0.4) is 0 Å². The quantitative estimate of drug-likeness (QED) is 0.810. The number of carbonyl (C=O) groups is 2. The summed E-state index contributed by atoms with van der Waals surface area (Å²) in [7, 11) is 1.55. The predicted molar refractivity (Wildman–Crippen MR) is 87.5 cm³/mol. The number of amides is 1. The second kappa shape index (κ2) is 8.42. The van der Waals surface area contributed by atoms with Crippen molar-refractivity contribution in [1.82, 2.24) is 0 Å². The molecule has 0 aromatic heterocycles. The third kappa shape index (κ3) is 5.04. The van der Waals surface area contributed by atoms with Crippen molar-refractivity contribution < 1.29 is 23.5 Å². The maximum Gasteiger partial charge on any atom is 0.338 e. The van der Waals surface area contributed by atoms with E-state index in [4.69, 9.17) is 21.1 Å². The molecule has 1 amide bonds. The molecule has 126 valence electrons. The fourth-order valence-electron chi connectivity index (χ4n) is 1.94. The highest BCUT2D eigenvalue weighted by atomic mass is 35.5. The molecule has 2 aromatic rings. The molecular formula is C17H15ClFNO4. The first-order valence-corrected chi connectivity index (χ1v) is 7.37. The number of esters is 1. The molecule has 7 heteroatoms. The number of hydrogen-bond donors (Lipinski definition) is 1. The van der Waals surface area contributed by atoms with E-state index in [0.717, 1.165) is 11.6 Å². The Hall–Kier alpha value is -2.44. The second-order valence-corrected chi connectivity index (χ2v) is 5.29. The Balaban J connectivity index is 1.90. The average Bonchev–Trinajstić information content (AvgIpc) is 2.56. The molecule has 0 bridgehead atoms. The predicted octanol–water partition coefficient (Wildman–Crippen LogP) is 3.42. The van der Waals surface area contributed by atoms with Crippen LogP contribution in [-0.4, -0.2) is 25.6 Å². The van der Waals surface area contributed by atoms with Gasteiger partial charge in [0, 0.05) is 12.8 Å². The van der Waals surface area contributed by atoms with Crippen LogP contribution in [0, 0.1) is 5.82 Å². The first kappa shape index (κ1) is 17.9. The summed E-state index contributed by atoms with van der Waals surface area (Å²) in [5.74, 6) is -1.77. The summed E-state index contributed by atoms with van der Waals surface area (Å²) in [4.78, 5) is 23.7. The highest BCUT2D eigenvalue weighted by Gasteiger charge is 2.11.